The molecule has 0 aliphatic carbocycles. The molecule has 10 heteroatoms. The summed E-state index contributed by atoms with van der Waals surface area (Å²) < 4.78 is 34.1. The highest BCUT2D eigenvalue weighted by atomic mass is 31.2. The van der Waals surface area contributed by atoms with E-state index in [-0.39, 0.29) is 26.1 Å². The van der Waals surface area contributed by atoms with E-state index in [0.717, 1.165) is 154 Å². The van der Waals surface area contributed by atoms with Crippen molar-refractivity contribution in [3.8, 4) is 0 Å². The molecule has 0 amide bonds. The maximum atomic E-state index is 12.8. The minimum Gasteiger partial charge on any atom is -0.756 e. The van der Waals surface area contributed by atoms with E-state index in [1.807, 2.05) is 21.1 Å². The number of quaternary nitrogens is 1. The molecule has 2 unspecified atom stereocenters. The number of carbonyl (C=O) groups is 2. The first-order chi connectivity index (χ1) is 40.0. The fourth-order valence-corrected chi connectivity index (χ4v) is 8.12. The second-order valence-electron chi connectivity index (χ2n) is 20.9. The molecule has 0 rings (SSSR count). The highest BCUT2D eigenvalue weighted by molar-refractivity contribution is 7.45. The Hall–Kier alpha value is -5.15. The van der Waals surface area contributed by atoms with Crippen LogP contribution in [0.15, 0.2) is 194 Å². The first kappa shape index (κ1) is 76.9. The standard InChI is InChI=1S/C72H112NO8P/c1-6-8-10-12-14-16-18-20-22-24-25-26-27-28-29-30-31-32-33-34-35-36-37-38-39-40-41-42-43-44-45-46-47-49-51-53-55-57-59-61-63-65-72(75)81-70(69-80-82(76,77)79-67-66-73(3,4)5)68-78-71(74)64-62-60-58-56-54-52-50-48-23-21-19-17-15-13-11-9-7-2/h8-11,14-17,20-23,25-26,28-29,31-32,34-35,37-38,40-41,43-44,46-47,50-53,70H,6-7,12-13,18-19,24,27,30,33,36,39,42,45,48-49,54-69H2,1-5H3/b10-8-,11-9-,16-14-,17-15-,22-20-,23-21-,26-25-,29-28-,32-31-,35-34-,38-37-,41-40-,44-43-,47-46-,52-50-,53-51-. The first-order valence-corrected chi connectivity index (χ1v) is 32.6. The Bertz CT molecular complexity index is 2080. The summed E-state index contributed by atoms with van der Waals surface area (Å²) in [5.74, 6) is -0.909. The molecule has 0 bridgehead atoms. The highest BCUT2D eigenvalue weighted by Gasteiger charge is 2.21. The molecule has 0 aromatic rings. The van der Waals surface area contributed by atoms with Gasteiger partial charge in [0.2, 0.25) is 0 Å². The van der Waals surface area contributed by atoms with Gasteiger partial charge in [0.25, 0.3) is 7.82 Å². The molecule has 0 saturated heterocycles. The number of likely N-dealkylation sites (N-methyl/N-ethyl adjacent to an activating group) is 1. The van der Waals surface area contributed by atoms with Crippen molar-refractivity contribution < 1.29 is 42.1 Å². The van der Waals surface area contributed by atoms with Gasteiger partial charge in [0.05, 0.1) is 27.7 Å². The number of hydrogen-bond acceptors (Lipinski definition) is 8. The number of phosphoric ester groups is 1. The molecule has 2 atom stereocenters. The molecule has 9 nitrogen and oxygen atoms in total. The molecule has 82 heavy (non-hydrogen) atoms. The van der Waals surface area contributed by atoms with Crippen LogP contribution in [0.1, 0.15) is 194 Å². The molecular formula is C72H112NO8P. The summed E-state index contributed by atoms with van der Waals surface area (Å²) in [7, 11) is 1.10. The number of hydrogen-bond donors (Lipinski definition) is 0. The van der Waals surface area contributed by atoms with Crippen LogP contribution in [0.5, 0.6) is 0 Å². The van der Waals surface area contributed by atoms with Crippen LogP contribution in [0.3, 0.4) is 0 Å². The van der Waals surface area contributed by atoms with E-state index in [9.17, 15) is 19.0 Å². The number of esters is 2. The van der Waals surface area contributed by atoms with Crippen molar-refractivity contribution >= 4 is 19.8 Å². The van der Waals surface area contributed by atoms with Crippen molar-refractivity contribution in [2.45, 2.75) is 200 Å². The van der Waals surface area contributed by atoms with Gasteiger partial charge in [0.15, 0.2) is 6.10 Å². The van der Waals surface area contributed by atoms with Gasteiger partial charge in [-0.15, -0.1) is 0 Å². The van der Waals surface area contributed by atoms with Crippen molar-refractivity contribution in [3.63, 3.8) is 0 Å². The van der Waals surface area contributed by atoms with Crippen LogP contribution >= 0.6 is 7.82 Å². The molecule has 0 aliphatic rings. The molecule has 0 heterocycles. The smallest absolute Gasteiger partial charge is 0.306 e. The zero-order valence-corrected chi connectivity index (χ0v) is 52.7. The van der Waals surface area contributed by atoms with Gasteiger partial charge in [-0.1, -0.05) is 234 Å². The van der Waals surface area contributed by atoms with Gasteiger partial charge in [-0.25, -0.2) is 0 Å². The maximum absolute atomic E-state index is 12.8. The minimum atomic E-state index is -4.66. The lowest BCUT2D eigenvalue weighted by Crippen LogP contribution is -2.37. The van der Waals surface area contributed by atoms with E-state index in [1.165, 1.54) is 0 Å². The number of carbonyl (C=O) groups excluding carboxylic acids is 2. The van der Waals surface area contributed by atoms with E-state index in [1.54, 1.807) is 0 Å². The van der Waals surface area contributed by atoms with Gasteiger partial charge in [0, 0.05) is 12.8 Å². The van der Waals surface area contributed by atoms with Crippen LogP contribution in [0, 0.1) is 0 Å². The van der Waals surface area contributed by atoms with Crippen LogP contribution in [0.2, 0.25) is 0 Å². The summed E-state index contributed by atoms with van der Waals surface area (Å²) in [5.41, 5.74) is 0. The van der Waals surface area contributed by atoms with E-state index in [2.05, 4.69) is 208 Å². The highest BCUT2D eigenvalue weighted by Crippen LogP contribution is 2.38. The zero-order valence-electron chi connectivity index (χ0n) is 51.8. The number of nitrogens with zero attached hydrogens (tertiary/aromatic N) is 1. The van der Waals surface area contributed by atoms with Gasteiger partial charge in [-0.2, -0.15) is 0 Å². The third kappa shape index (κ3) is 64.0. The minimum absolute atomic E-state index is 0.0518. The van der Waals surface area contributed by atoms with E-state index >= 15 is 0 Å². The van der Waals surface area contributed by atoms with Crippen LogP contribution in [0.4, 0.5) is 0 Å². The molecule has 0 N–H and O–H groups in total. The number of allylic oxidation sites excluding steroid dienone is 32. The summed E-state index contributed by atoms with van der Waals surface area (Å²) in [6, 6.07) is 0. The molecule has 0 aromatic carbocycles. The fourth-order valence-electron chi connectivity index (χ4n) is 7.39. The number of unbranched alkanes of at least 4 members (excludes halogenated alkanes) is 8. The Balaban J connectivity index is 4.24. The SMILES string of the molecule is CC/C=C\C/C=C\C/C=C\C/C=C\C/C=C\C/C=C\C/C=C\C/C=C\C/C=C\C/C=C\C/C=C\C/C=C\CCCCCCC(=O)OC(COC(=O)CCCCCC/C=C\C/C=C\C/C=C\C/C=C\CC)COP(=O)([O-])OCC[N+](C)(C)C. The second-order valence-corrected chi connectivity index (χ2v) is 22.4. The molecule has 0 spiro atoms. The Morgan fingerprint density at radius 1 is 0.378 bits per heavy atom. The maximum Gasteiger partial charge on any atom is 0.306 e. The van der Waals surface area contributed by atoms with Gasteiger partial charge >= 0.3 is 11.9 Å². The number of phosphoric acid groups is 1. The summed E-state index contributed by atoms with van der Waals surface area (Å²) in [4.78, 5) is 37.9. The third-order valence-corrected chi connectivity index (χ3v) is 13.1. The van der Waals surface area contributed by atoms with Crippen molar-refractivity contribution in [2.75, 3.05) is 47.5 Å². The Morgan fingerprint density at radius 2 is 0.659 bits per heavy atom. The second kappa shape index (κ2) is 60.4. The van der Waals surface area contributed by atoms with Crippen LogP contribution in [0.25, 0.3) is 0 Å². The summed E-state index contributed by atoms with van der Waals surface area (Å²) in [6.07, 6.45) is 94.9. The normalized spacial score (nSPS) is 14.6. The molecular weight excluding hydrogens is 1040 g/mol. The molecule has 0 radical (unpaired) electrons. The first-order valence-electron chi connectivity index (χ1n) is 31.1. The molecule has 0 aliphatic heterocycles. The molecule has 0 aromatic heterocycles. The van der Waals surface area contributed by atoms with Gasteiger partial charge in [-0.3, -0.25) is 14.2 Å². The van der Waals surface area contributed by atoms with Crippen molar-refractivity contribution in [1.29, 1.82) is 0 Å². The fraction of sp³-hybridized carbons (Fsp3) is 0.528. The average molecular weight is 1150 g/mol. The number of rotatable bonds is 54. The van der Waals surface area contributed by atoms with Crippen molar-refractivity contribution in [1.82, 2.24) is 0 Å². The predicted octanol–water partition coefficient (Wildman–Crippen LogP) is 19.5. The predicted molar refractivity (Wildman–Crippen MR) is 350 cm³/mol. The third-order valence-electron chi connectivity index (χ3n) is 12.1. The zero-order chi connectivity index (χ0) is 59.8. The topological polar surface area (TPSA) is 111 Å². The van der Waals surface area contributed by atoms with E-state index in [4.69, 9.17) is 18.5 Å². The van der Waals surface area contributed by atoms with Gasteiger partial charge in [-0.05, 0) is 141 Å². The van der Waals surface area contributed by atoms with E-state index in [0.29, 0.717) is 23.9 Å². The largest absolute Gasteiger partial charge is 0.756 e. The Kier molecular flexibility index (Phi) is 56.6. The molecule has 0 fully saturated rings. The Morgan fingerprint density at radius 3 is 0.963 bits per heavy atom. The average Bonchev–Trinajstić information content (AvgIpc) is 3.45. The Labute approximate surface area is 501 Å². The quantitative estimate of drug-likeness (QED) is 0.0195. The van der Waals surface area contributed by atoms with Crippen LogP contribution in [-0.2, 0) is 32.7 Å². The van der Waals surface area contributed by atoms with Gasteiger partial charge in [0.1, 0.15) is 19.8 Å². The lowest BCUT2D eigenvalue weighted by atomic mass is 10.1. The van der Waals surface area contributed by atoms with Crippen molar-refractivity contribution in [3.05, 3.63) is 194 Å². The summed E-state index contributed by atoms with van der Waals surface area (Å²) in [6.45, 7) is 3.91. The van der Waals surface area contributed by atoms with Gasteiger partial charge < -0.3 is 27.9 Å². The molecule has 458 valence electrons. The van der Waals surface area contributed by atoms with Crippen molar-refractivity contribution in [2.24, 2.45) is 0 Å². The lowest BCUT2D eigenvalue weighted by Gasteiger charge is -2.28. The monoisotopic (exact) mass is 1150 g/mol. The molecule has 0 saturated carbocycles. The summed E-state index contributed by atoms with van der Waals surface area (Å²) in [5, 5.41) is 0. The number of ether oxygens (including phenoxy) is 2. The van der Waals surface area contributed by atoms with Crippen LogP contribution in [-0.4, -0.2) is 70.0 Å². The van der Waals surface area contributed by atoms with Crippen LogP contribution < -0.4 is 4.89 Å². The summed E-state index contributed by atoms with van der Waals surface area (Å²) >= 11 is 0. The lowest BCUT2D eigenvalue weighted by molar-refractivity contribution is -0.870. The van der Waals surface area contributed by atoms with E-state index < -0.39 is 32.5 Å².